The fourth-order valence-corrected chi connectivity index (χ4v) is 3.19. The van der Waals surface area contributed by atoms with E-state index in [2.05, 4.69) is 46.7 Å². The molecule has 1 aromatic carbocycles. The maximum atomic E-state index is 12.4. The van der Waals surface area contributed by atoms with Crippen LogP contribution in [0.2, 0.25) is 0 Å². The second kappa shape index (κ2) is 6.90. The van der Waals surface area contributed by atoms with Crippen molar-refractivity contribution in [2.45, 2.75) is 19.8 Å². The van der Waals surface area contributed by atoms with Crippen LogP contribution in [0.4, 0.5) is 5.69 Å². The van der Waals surface area contributed by atoms with Crippen LogP contribution < -0.4 is 4.90 Å². The summed E-state index contributed by atoms with van der Waals surface area (Å²) in [6.45, 7) is 5.59. The topological polar surface area (TPSA) is 28.5 Å². The highest BCUT2D eigenvalue weighted by atomic mass is 16.2. The zero-order valence-electron chi connectivity index (χ0n) is 14.0. The van der Waals surface area contributed by atoms with Crippen LogP contribution in [0, 0.1) is 6.92 Å². The first kappa shape index (κ1) is 15.7. The quantitative estimate of drug-likeness (QED) is 0.868. The summed E-state index contributed by atoms with van der Waals surface area (Å²) in [5.41, 5.74) is 3.77. The van der Waals surface area contributed by atoms with Crippen LogP contribution in [0.25, 0.3) is 0 Å². The second-order valence-corrected chi connectivity index (χ2v) is 6.32. The number of hydrogen-bond donors (Lipinski definition) is 0. The number of benzene rings is 1. The number of aryl methyl sites for hydroxylation is 3. The monoisotopic (exact) mass is 311 g/mol. The molecule has 23 heavy (non-hydrogen) atoms. The van der Waals surface area contributed by atoms with Gasteiger partial charge in [0.15, 0.2) is 0 Å². The highest BCUT2D eigenvalue weighted by Gasteiger charge is 2.21. The van der Waals surface area contributed by atoms with Crippen LogP contribution in [0.5, 0.6) is 0 Å². The summed E-state index contributed by atoms with van der Waals surface area (Å²) in [7, 11) is 2.03. The normalized spacial score (nSPS) is 15.0. The Bertz CT molecular complexity index is 669. The molecule has 1 amide bonds. The Morgan fingerprint density at radius 1 is 1.09 bits per heavy atom. The van der Waals surface area contributed by atoms with E-state index in [-0.39, 0.29) is 5.91 Å². The summed E-state index contributed by atoms with van der Waals surface area (Å²) < 4.78 is 2.09. The molecule has 0 atom stereocenters. The molecule has 3 rings (SSSR count). The summed E-state index contributed by atoms with van der Waals surface area (Å²) in [6, 6.07) is 12.7. The molecule has 0 saturated carbocycles. The number of carbonyl (C=O) groups excluding carboxylic acids is 1. The van der Waals surface area contributed by atoms with Crippen molar-refractivity contribution in [2.75, 3.05) is 31.1 Å². The molecule has 0 spiro atoms. The van der Waals surface area contributed by atoms with Gasteiger partial charge in [-0.3, -0.25) is 4.79 Å². The van der Waals surface area contributed by atoms with Crippen LogP contribution in [-0.2, 0) is 18.3 Å². The molecule has 0 unspecified atom stereocenters. The zero-order chi connectivity index (χ0) is 16.2. The average Bonchev–Trinajstić information content (AvgIpc) is 2.98. The first-order valence-electron chi connectivity index (χ1n) is 8.33. The summed E-state index contributed by atoms with van der Waals surface area (Å²) in [5.74, 6) is 0.273. The largest absolute Gasteiger partial charge is 0.368 e. The summed E-state index contributed by atoms with van der Waals surface area (Å²) in [4.78, 5) is 16.8. The standard InChI is InChI=1S/C19H25N3O/c1-16-5-3-6-18(15-16)21-11-13-22(14-12-21)19(23)9-8-17-7-4-10-20(17)2/h3-7,10,15H,8-9,11-14H2,1-2H3. The summed E-state index contributed by atoms with van der Waals surface area (Å²) in [5, 5.41) is 0. The van der Waals surface area contributed by atoms with E-state index < -0.39 is 0 Å². The Morgan fingerprint density at radius 2 is 1.87 bits per heavy atom. The third-order valence-electron chi connectivity index (χ3n) is 4.65. The molecule has 2 heterocycles. The Balaban J connectivity index is 1.50. The number of nitrogens with zero attached hydrogens (tertiary/aromatic N) is 3. The maximum absolute atomic E-state index is 12.4. The Hall–Kier alpha value is -2.23. The minimum atomic E-state index is 0.273. The van der Waals surface area contributed by atoms with Crippen LogP contribution in [0.1, 0.15) is 17.7 Å². The van der Waals surface area contributed by atoms with E-state index >= 15 is 0 Å². The summed E-state index contributed by atoms with van der Waals surface area (Å²) >= 11 is 0. The Kier molecular flexibility index (Phi) is 4.70. The van der Waals surface area contributed by atoms with Crippen molar-refractivity contribution >= 4 is 11.6 Å². The molecule has 1 aliphatic heterocycles. The van der Waals surface area contributed by atoms with Gasteiger partial charge in [0.1, 0.15) is 0 Å². The predicted octanol–water partition coefficient (Wildman–Crippen LogP) is 2.61. The Labute approximate surface area is 138 Å². The smallest absolute Gasteiger partial charge is 0.223 e. The van der Waals surface area contributed by atoms with Crippen molar-refractivity contribution in [1.82, 2.24) is 9.47 Å². The lowest BCUT2D eigenvalue weighted by Crippen LogP contribution is -2.48. The van der Waals surface area contributed by atoms with E-state index in [0.29, 0.717) is 6.42 Å². The van der Waals surface area contributed by atoms with E-state index in [1.54, 1.807) is 0 Å². The number of amides is 1. The molecule has 0 bridgehead atoms. The molecule has 0 radical (unpaired) electrons. The second-order valence-electron chi connectivity index (χ2n) is 6.32. The van der Waals surface area contributed by atoms with Gasteiger partial charge in [0.05, 0.1) is 0 Å². The lowest BCUT2D eigenvalue weighted by molar-refractivity contribution is -0.131. The number of carbonyl (C=O) groups is 1. The SMILES string of the molecule is Cc1cccc(N2CCN(C(=O)CCc3cccn3C)CC2)c1. The molecular formula is C19H25N3O. The number of piperazine rings is 1. The zero-order valence-corrected chi connectivity index (χ0v) is 14.0. The van der Waals surface area contributed by atoms with Gasteiger partial charge in [-0.05, 0) is 43.2 Å². The molecule has 1 aromatic heterocycles. The van der Waals surface area contributed by atoms with Crippen LogP contribution in [0.3, 0.4) is 0 Å². The minimum Gasteiger partial charge on any atom is -0.368 e. The lowest BCUT2D eigenvalue weighted by Gasteiger charge is -2.36. The maximum Gasteiger partial charge on any atom is 0.223 e. The number of anilines is 1. The molecule has 4 heteroatoms. The number of aromatic nitrogens is 1. The molecule has 0 N–H and O–H groups in total. The molecule has 4 nitrogen and oxygen atoms in total. The fourth-order valence-electron chi connectivity index (χ4n) is 3.19. The third kappa shape index (κ3) is 3.76. The van der Waals surface area contributed by atoms with Gasteiger partial charge in [0.2, 0.25) is 5.91 Å². The van der Waals surface area contributed by atoms with E-state index in [0.717, 1.165) is 32.6 Å². The highest BCUT2D eigenvalue weighted by Crippen LogP contribution is 2.18. The molecule has 2 aromatic rings. The van der Waals surface area contributed by atoms with Gasteiger partial charge in [0, 0.05) is 57.2 Å². The van der Waals surface area contributed by atoms with Gasteiger partial charge in [-0.1, -0.05) is 12.1 Å². The molecule has 1 fully saturated rings. The first-order valence-corrected chi connectivity index (χ1v) is 8.33. The lowest BCUT2D eigenvalue weighted by atomic mass is 10.1. The molecule has 1 aliphatic rings. The fraction of sp³-hybridized carbons (Fsp3) is 0.421. The predicted molar refractivity (Wildman–Crippen MR) is 93.7 cm³/mol. The van der Waals surface area contributed by atoms with Crippen molar-refractivity contribution in [3.63, 3.8) is 0 Å². The van der Waals surface area contributed by atoms with Gasteiger partial charge in [-0.15, -0.1) is 0 Å². The minimum absolute atomic E-state index is 0.273. The molecular weight excluding hydrogens is 286 g/mol. The molecule has 122 valence electrons. The van der Waals surface area contributed by atoms with Crippen molar-refractivity contribution in [1.29, 1.82) is 0 Å². The number of hydrogen-bond acceptors (Lipinski definition) is 2. The first-order chi connectivity index (χ1) is 11.1. The average molecular weight is 311 g/mol. The van der Waals surface area contributed by atoms with E-state index in [4.69, 9.17) is 0 Å². The van der Waals surface area contributed by atoms with E-state index in [9.17, 15) is 4.79 Å². The van der Waals surface area contributed by atoms with Crippen LogP contribution >= 0.6 is 0 Å². The van der Waals surface area contributed by atoms with Gasteiger partial charge >= 0.3 is 0 Å². The van der Waals surface area contributed by atoms with Gasteiger partial charge in [-0.2, -0.15) is 0 Å². The van der Waals surface area contributed by atoms with Crippen molar-refractivity contribution in [3.8, 4) is 0 Å². The van der Waals surface area contributed by atoms with Crippen molar-refractivity contribution in [2.24, 2.45) is 7.05 Å². The number of rotatable bonds is 4. The molecule has 0 aliphatic carbocycles. The van der Waals surface area contributed by atoms with E-state index in [1.807, 2.05) is 24.2 Å². The van der Waals surface area contributed by atoms with Crippen LogP contribution in [-0.4, -0.2) is 41.6 Å². The van der Waals surface area contributed by atoms with Gasteiger partial charge < -0.3 is 14.4 Å². The Morgan fingerprint density at radius 3 is 2.52 bits per heavy atom. The highest BCUT2D eigenvalue weighted by molar-refractivity contribution is 5.76. The third-order valence-corrected chi connectivity index (χ3v) is 4.65. The summed E-state index contributed by atoms with van der Waals surface area (Å²) in [6.07, 6.45) is 3.45. The van der Waals surface area contributed by atoms with Gasteiger partial charge in [-0.25, -0.2) is 0 Å². The van der Waals surface area contributed by atoms with Crippen molar-refractivity contribution in [3.05, 3.63) is 53.9 Å². The molecule has 1 saturated heterocycles. The van der Waals surface area contributed by atoms with Gasteiger partial charge in [0.25, 0.3) is 0 Å². The van der Waals surface area contributed by atoms with Crippen LogP contribution in [0.15, 0.2) is 42.6 Å². The van der Waals surface area contributed by atoms with Crippen molar-refractivity contribution < 1.29 is 4.79 Å². The van der Waals surface area contributed by atoms with E-state index in [1.165, 1.54) is 16.9 Å².